The Hall–Kier alpha value is -1.36. The third-order valence-corrected chi connectivity index (χ3v) is 3.71. The Kier molecular flexibility index (Phi) is 4.69. The van der Waals surface area contributed by atoms with Crippen LogP contribution in [0.15, 0.2) is 17.5 Å². The molecular weight excluding hydrogens is 240 g/mol. The molecule has 0 fully saturated rings. The topological polar surface area (TPSA) is 74.6 Å². The molecular formula is C12H16O4S. The highest BCUT2D eigenvalue weighted by Gasteiger charge is 2.46. The van der Waals surface area contributed by atoms with Crippen LogP contribution >= 0.6 is 11.3 Å². The molecule has 0 aliphatic rings. The number of carbonyl (C=O) groups is 2. The zero-order valence-electron chi connectivity index (χ0n) is 9.68. The van der Waals surface area contributed by atoms with Gasteiger partial charge in [0.15, 0.2) is 5.41 Å². The summed E-state index contributed by atoms with van der Waals surface area (Å²) in [6, 6.07) is 3.57. The second kappa shape index (κ2) is 5.82. The van der Waals surface area contributed by atoms with E-state index in [1.54, 1.807) is 12.1 Å². The monoisotopic (exact) mass is 256 g/mol. The largest absolute Gasteiger partial charge is 0.480 e. The van der Waals surface area contributed by atoms with Crippen LogP contribution in [-0.2, 0) is 16.0 Å². The van der Waals surface area contributed by atoms with Crippen LogP contribution in [0.5, 0.6) is 0 Å². The summed E-state index contributed by atoms with van der Waals surface area (Å²) in [7, 11) is 0. The highest BCUT2D eigenvalue weighted by Crippen LogP contribution is 2.32. The molecule has 0 saturated carbocycles. The first kappa shape index (κ1) is 13.7. The Labute approximate surface area is 104 Å². The number of aliphatic carboxylic acids is 2. The third kappa shape index (κ3) is 3.06. The standard InChI is InChI=1S/C12H16O4S/c1-2-3-6-12(10(13)14,11(15)16)8-9-5-4-7-17-9/h4-5,7H,2-3,6,8H2,1H3,(H,13,14)(H,15,16). The van der Waals surface area contributed by atoms with Gasteiger partial charge in [-0.2, -0.15) is 0 Å². The van der Waals surface area contributed by atoms with E-state index in [9.17, 15) is 19.8 Å². The molecule has 0 aromatic carbocycles. The summed E-state index contributed by atoms with van der Waals surface area (Å²) in [4.78, 5) is 23.4. The maximum absolute atomic E-state index is 11.3. The lowest BCUT2D eigenvalue weighted by Gasteiger charge is -2.24. The molecule has 17 heavy (non-hydrogen) atoms. The summed E-state index contributed by atoms with van der Waals surface area (Å²) in [6.07, 6.45) is 1.62. The normalized spacial score (nSPS) is 11.4. The average Bonchev–Trinajstić information content (AvgIpc) is 2.75. The van der Waals surface area contributed by atoms with Crippen molar-refractivity contribution in [3.63, 3.8) is 0 Å². The van der Waals surface area contributed by atoms with Crippen LogP contribution in [0.3, 0.4) is 0 Å². The molecule has 0 radical (unpaired) electrons. The Balaban J connectivity index is 2.97. The molecule has 0 aliphatic carbocycles. The van der Waals surface area contributed by atoms with Gasteiger partial charge >= 0.3 is 11.9 Å². The van der Waals surface area contributed by atoms with E-state index in [1.807, 2.05) is 12.3 Å². The van der Waals surface area contributed by atoms with Gasteiger partial charge in [-0.25, -0.2) is 0 Å². The van der Waals surface area contributed by atoms with Crippen molar-refractivity contribution in [2.24, 2.45) is 5.41 Å². The van der Waals surface area contributed by atoms with Crippen molar-refractivity contribution in [3.8, 4) is 0 Å². The zero-order valence-corrected chi connectivity index (χ0v) is 10.5. The van der Waals surface area contributed by atoms with Crippen LogP contribution in [0.4, 0.5) is 0 Å². The number of hydrogen-bond acceptors (Lipinski definition) is 3. The van der Waals surface area contributed by atoms with E-state index >= 15 is 0 Å². The van der Waals surface area contributed by atoms with Crippen molar-refractivity contribution in [2.45, 2.75) is 32.6 Å². The molecule has 94 valence electrons. The summed E-state index contributed by atoms with van der Waals surface area (Å²) in [5, 5.41) is 20.3. The van der Waals surface area contributed by atoms with Gasteiger partial charge in [-0.3, -0.25) is 9.59 Å². The highest BCUT2D eigenvalue weighted by atomic mass is 32.1. The lowest BCUT2D eigenvalue weighted by Crippen LogP contribution is -2.41. The van der Waals surface area contributed by atoms with Gasteiger partial charge in [0.2, 0.25) is 0 Å². The molecule has 0 amide bonds. The first-order valence-corrected chi connectivity index (χ1v) is 6.40. The summed E-state index contributed by atoms with van der Waals surface area (Å²) in [5.74, 6) is -2.49. The Bertz CT molecular complexity index is 369. The second-order valence-corrected chi connectivity index (χ2v) is 5.08. The number of rotatable bonds is 7. The first-order chi connectivity index (χ1) is 8.03. The Morgan fingerprint density at radius 1 is 1.35 bits per heavy atom. The van der Waals surface area contributed by atoms with Gasteiger partial charge in [0, 0.05) is 11.3 Å². The molecule has 1 heterocycles. The van der Waals surface area contributed by atoms with Gasteiger partial charge in [0.25, 0.3) is 0 Å². The van der Waals surface area contributed by atoms with Crippen LogP contribution < -0.4 is 0 Å². The molecule has 0 saturated heterocycles. The van der Waals surface area contributed by atoms with E-state index in [4.69, 9.17) is 0 Å². The summed E-state index contributed by atoms with van der Waals surface area (Å²) < 4.78 is 0. The molecule has 1 aromatic heterocycles. The number of hydrogen-bond donors (Lipinski definition) is 2. The van der Waals surface area contributed by atoms with Crippen molar-refractivity contribution in [3.05, 3.63) is 22.4 Å². The predicted molar refractivity (Wildman–Crippen MR) is 65.3 cm³/mol. The fraction of sp³-hybridized carbons (Fsp3) is 0.500. The van der Waals surface area contributed by atoms with Gasteiger partial charge in [-0.15, -0.1) is 11.3 Å². The summed E-state index contributed by atoms with van der Waals surface area (Å²) in [6.45, 7) is 1.92. The zero-order chi connectivity index (χ0) is 12.9. The van der Waals surface area contributed by atoms with Gasteiger partial charge in [0.05, 0.1) is 0 Å². The molecule has 5 heteroatoms. The average molecular weight is 256 g/mol. The van der Waals surface area contributed by atoms with Crippen LogP contribution in [-0.4, -0.2) is 22.2 Å². The lowest BCUT2D eigenvalue weighted by atomic mass is 9.79. The first-order valence-electron chi connectivity index (χ1n) is 5.52. The SMILES string of the molecule is CCCCC(Cc1cccs1)(C(=O)O)C(=O)O. The fourth-order valence-corrected chi connectivity index (χ4v) is 2.55. The van der Waals surface area contributed by atoms with Gasteiger partial charge in [-0.1, -0.05) is 25.8 Å². The molecule has 0 aliphatic heterocycles. The molecule has 0 bridgehead atoms. The maximum Gasteiger partial charge on any atom is 0.321 e. The predicted octanol–water partition coefficient (Wildman–Crippen LogP) is 2.64. The van der Waals surface area contributed by atoms with Crippen molar-refractivity contribution in [1.82, 2.24) is 0 Å². The Morgan fingerprint density at radius 2 is 2.00 bits per heavy atom. The van der Waals surface area contributed by atoms with Crippen LogP contribution in [0.1, 0.15) is 31.1 Å². The van der Waals surface area contributed by atoms with Crippen molar-refractivity contribution < 1.29 is 19.8 Å². The lowest BCUT2D eigenvalue weighted by molar-refractivity contribution is -0.165. The van der Waals surface area contributed by atoms with E-state index in [0.29, 0.717) is 6.42 Å². The highest BCUT2D eigenvalue weighted by molar-refractivity contribution is 7.09. The summed E-state index contributed by atoms with van der Waals surface area (Å²) in [5.41, 5.74) is -1.68. The fourth-order valence-electron chi connectivity index (χ4n) is 1.73. The summed E-state index contributed by atoms with van der Waals surface area (Å²) >= 11 is 1.39. The van der Waals surface area contributed by atoms with E-state index in [0.717, 1.165) is 11.3 Å². The number of thiophene rings is 1. The Morgan fingerprint density at radius 3 is 2.41 bits per heavy atom. The molecule has 1 aromatic rings. The van der Waals surface area contributed by atoms with Crippen LogP contribution in [0.25, 0.3) is 0 Å². The number of carboxylic acids is 2. The third-order valence-electron chi connectivity index (χ3n) is 2.83. The minimum Gasteiger partial charge on any atom is -0.480 e. The van der Waals surface area contributed by atoms with Gasteiger partial charge in [0.1, 0.15) is 0 Å². The van der Waals surface area contributed by atoms with Crippen molar-refractivity contribution in [1.29, 1.82) is 0 Å². The molecule has 0 unspecified atom stereocenters. The van der Waals surface area contributed by atoms with Gasteiger partial charge < -0.3 is 10.2 Å². The quantitative estimate of drug-likeness (QED) is 0.735. The van der Waals surface area contributed by atoms with Gasteiger partial charge in [-0.05, 0) is 17.9 Å². The maximum atomic E-state index is 11.3. The molecule has 1 rings (SSSR count). The minimum atomic E-state index is -1.68. The smallest absolute Gasteiger partial charge is 0.321 e. The molecule has 2 N–H and O–H groups in total. The van der Waals surface area contributed by atoms with E-state index < -0.39 is 17.4 Å². The number of carboxylic acid groups (broad SMARTS) is 2. The van der Waals surface area contributed by atoms with Crippen LogP contribution in [0, 0.1) is 5.41 Å². The minimum absolute atomic E-state index is 0.0648. The molecule has 0 atom stereocenters. The van der Waals surface area contributed by atoms with E-state index in [1.165, 1.54) is 11.3 Å². The van der Waals surface area contributed by atoms with Crippen LogP contribution in [0.2, 0.25) is 0 Å². The van der Waals surface area contributed by atoms with E-state index in [-0.39, 0.29) is 12.8 Å². The number of unbranched alkanes of at least 4 members (excludes halogenated alkanes) is 1. The van der Waals surface area contributed by atoms with E-state index in [2.05, 4.69) is 0 Å². The van der Waals surface area contributed by atoms with Crippen molar-refractivity contribution >= 4 is 23.3 Å². The molecule has 0 spiro atoms. The van der Waals surface area contributed by atoms with Crippen molar-refractivity contribution in [2.75, 3.05) is 0 Å². The second-order valence-electron chi connectivity index (χ2n) is 4.05. The molecule has 4 nitrogen and oxygen atoms in total.